The third-order valence-electron chi connectivity index (χ3n) is 4.46. The molecule has 0 bridgehead atoms. The summed E-state index contributed by atoms with van der Waals surface area (Å²) in [5.74, 6) is -2.54. The summed E-state index contributed by atoms with van der Waals surface area (Å²) in [6, 6.07) is 5.87. The summed E-state index contributed by atoms with van der Waals surface area (Å²) in [5, 5.41) is 13.8. The Kier molecular flexibility index (Phi) is 3.88. The average Bonchev–Trinajstić information content (AvgIpc) is 2.93. The van der Waals surface area contributed by atoms with Crippen molar-refractivity contribution in [2.45, 2.75) is 44.4 Å². The van der Waals surface area contributed by atoms with Gasteiger partial charge in [0, 0.05) is 43.3 Å². The molecule has 0 aromatic carbocycles. The molecule has 0 unspecified atom stereocenters. The van der Waals surface area contributed by atoms with Crippen LogP contribution in [-0.4, -0.2) is 20.7 Å². The van der Waals surface area contributed by atoms with Crippen LogP contribution in [0.25, 0.3) is 11.3 Å². The topological polar surface area (TPSA) is 54.5 Å². The second-order valence-electron chi connectivity index (χ2n) is 6.17. The van der Waals surface area contributed by atoms with Gasteiger partial charge in [-0.1, -0.05) is 0 Å². The lowest BCUT2D eigenvalue weighted by atomic mass is 9.83. The monoisotopic (exact) mass is 316 g/mol. The van der Waals surface area contributed by atoms with Crippen molar-refractivity contribution < 1.29 is 8.78 Å². The van der Waals surface area contributed by atoms with Crippen molar-refractivity contribution in [3.63, 3.8) is 0 Å². The van der Waals surface area contributed by atoms with E-state index in [1.54, 1.807) is 11.6 Å². The molecule has 2 heterocycles. The van der Waals surface area contributed by atoms with Crippen molar-refractivity contribution in [2.24, 2.45) is 7.05 Å². The van der Waals surface area contributed by atoms with Gasteiger partial charge in [-0.15, -0.1) is 0 Å². The molecule has 6 heteroatoms. The van der Waals surface area contributed by atoms with Gasteiger partial charge in [0.15, 0.2) is 0 Å². The zero-order chi connectivity index (χ0) is 16.6. The van der Waals surface area contributed by atoms with Crippen LogP contribution in [-0.2, 0) is 7.05 Å². The third-order valence-corrected chi connectivity index (χ3v) is 4.46. The van der Waals surface area contributed by atoms with Crippen molar-refractivity contribution in [1.82, 2.24) is 14.8 Å². The number of hydrogen-bond acceptors (Lipinski definition) is 3. The predicted molar refractivity (Wildman–Crippen MR) is 82.0 cm³/mol. The normalized spacial score (nSPS) is 17.9. The lowest BCUT2D eigenvalue weighted by Gasteiger charge is -2.28. The van der Waals surface area contributed by atoms with Crippen molar-refractivity contribution in [1.29, 1.82) is 5.26 Å². The highest BCUT2D eigenvalue weighted by Gasteiger charge is 2.36. The largest absolute Gasteiger partial charge is 0.275 e. The van der Waals surface area contributed by atoms with Crippen molar-refractivity contribution in [2.75, 3.05) is 0 Å². The number of nitrogens with zero attached hydrogens (tertiary/aromatic N) is 4. The third kappa shape index (κ3) is 3.09. The van der Waals surface area contributed by atoms with E-state index in [1.165, 1.54) is 0 Å². The molecule has 1 fully saturated rings. The zero-order valence-electron chi connectivity index (χ0n) is 13.2. The van der Waals surface area contributed by atoms with E-state index in [9.17, 15) is 14.0 Å². The molecule has 0 amide bonds. The summed E-state index contributed by atoms with van der Waals surface area (Å²) in [5.41, 5.74) is 3.35. The number of rotatable bonds is 2. The molecule has 1 aliphatic carbocycles. The van der Waals surface area contributed by atoms with E-state index in [4.69, 9.17) is 0 Å². The highest BCUT2D eigenvalue weighted by molar-refractivity contribution is 5.68. The molecule has 1 aliphatic rings. The number of halogens is 2. The zero-order valence-corrected chi connectivity index (χ0v) is 13.2. The molecule has 0 radical (unpaired) electrons. The number of nitriles is 1. The molecule has 0 saturated heterocycles. The number of hydrogen-bond donors (Lipinski definition) is 0. The van der Waals surface area contributed by atoms with Gasteiger partial charge in [0.05, 0.1) is 17.0 Å². The van der Waals surface area contributed by atoms with Crippen molar-refractivity contribution >= 4 is 0 Å². The van der Waals surface area contributed by atoms with Gasteiger partial charge < -0.3 is 0 Å². The molecule has 4 nitrogen and oxygen atoms in total. The SMILES string of the molecule is Cc1nc(C2CCC(F)(F)CC2)cc(-c2ccn(C)n2)c1C#N. The molecule has 0 spiro atoms. The molecule has 23 heavy (non-hydrogen) atoms. The highest BCUT2D eigenvalue weighted by atomic mass is 19.3. The summed E-state index contributed by atoms with van der Waals surface area (Å²) in [6.45, 7) is 1.78. The molecular formula is C17H18F2N4. The molecular weight excluding hydrogens is 298 g/mol. The fourth-order valence-corrected chi connectivity index (χ4v) is 3.14. The Morgan fingerprint density at radius 3 is 2.61 bits per heavy atom. The van der Waals surface area contributed by atoms with E-state index in [0.29, 0.717) is 29.8 Å². The Labute approximate surface area is 133 Å². The van der Waals surface area contributed by atoms with Crippen LogP contribution in [0.15, 0.2) is 18.3 Å². The molecule has 0 atom stereocenters. The first-order valence-corrected chi connectivity index (χ1v) is 7.69. The summed E-state index contributed by atoms with van der Waals surface area (Å²) in [7, 11) is 1.81. The Hall–Kier alpha value is -2.29. The Morgan fingerprint density at radius 2 is 2.04 bits per heavy atom. The lowest BCUT2D eigenvalue weighted by Crippen LogP contribution is -2.24. The fraction of sp³-hybridized carbons (Fsp3) is 0.471. The van der Waals surface area contributed by atoms with Gasteiger partial charge >= 0.3 is 0 Å². The molecule has 1 saturated carbocycles. The second kappa shape index (κ2) is 5.73. The summed E-state index contributed by atoms with van der Waals surface area (Å²) >= 11 is 0. The number of pyridine rings is 1. The van der Waals surface area contributed by atoms with Crippen LogP contribution in [0.3, 0.4) is 0 Å². The molecule has 2 aromatic heterocycles. The fourth-order valence-electron chi connectivity index (χ4n) is 3.14. The predicted octanol–water partition coefficient (Wildman–Crippen LogP) is 3.96. The van der Waals surface area contributed by atoms with Gasteiger partial charge in [-0.2, -0.15) is 10.4 Å². The van der Waals surface area contributed by atoms with Gasteiger partial charge in [-0.25, -0.2) is 8.78 Å². The van der Waals surface area contributed by atoms with Crippen LogP contribution in [0.5, 0.6) is 0 Å². The molecule has 3 rings (SSSR count). The minimum atomic E-state index is -2.55. The summed E-state index contributed by atoms with van der Waals surface area (Å²) in [6.07, 6.45) is 2.46. The Morgan fingerprint density at radius 1 is 1.35 bits per heavy atom. The molecule has 2 aromatic rings. The smallest absolute Gasteiger partial charge is 0.248 e. The van der Waals surface area contributed by atoms with E-state index in [1.807, 2.05) is 25.4 Å². The first-order chi connectivity index (χ1) is 10.9. The first kappa shape index (κ1) is 15.6. The van der Waals surface area contributed by atoms with Crippen LogP contribution in [0, 0.1) is 18.3 Å². The maximum absolute atomic E-state index is 13.4. The minimum absolute atomic E-state index is 0.0172. The average molecular weight is 316 g/mol. The Bertz CT molecular complexity index is 763. The summed E-state index contributed by atoms with van der Waals surface area (Å²) in [4.78, 5) is 4.51. The number of alkyl halides is 2. The van der Waals surface area contributed by atoms with Crippen LogP contribution in [0.2, 0.25) is 0 Å². The van der Waals surface area contributed by atoms with Gasteiger partial charge in [0.2, 0.25) is 5.92 Å². The maximum atomic E-state index is 13.4. The van der Waals surface area contributed by atoms with Crippen LogP contribution >= 0.6 is 0 Å². The van der Waals surface area contributed by atoms with Crippen LogP contribution in [0.1, 0.15) is 48.6 Å². The summed E-state index contributed by atoms with van der Waals surface area (Å²) < 4.78 is 28.4. The highest BCUT2D eigenvalue weighted by Crippen LogP contribution is 2.41. The van der Waals surface area contributed by atoms with Crippen LogP contribution < -0.4 is 0 Å². The molecule has 120 valence electrons. The van der Waals surface area contributed by atoms with E-state index in [2.05, 4.69) is 16.2 Å². The van der Waals surface area contributed by atoms with Crippen molar-refractivity contribution in [3.8, 4) is 17.3 Å². The second-order valence-corrected chi connectivity index (χ2v) is 6.17. The minimum Gasteiger partial charge on any atom is -0.275 e. The van der Waals surface area contributed by atoms with E-state index >= 15 is 0 Å². The molecule has 0 aliphatic heterocycles. The first-order valence-electron chi connectivity index (χ1n) is 7.69. The van der Waals surface area contributed by atoms with Crippen molar-refractivity contribution in [3.05, 3.63) is 35.3 Å². The standard InChI is InChI=1S/C17H18F2N4/c1-11-14(10-20)13(15-5-8-23(2)22-15)9-16(21-11)12-3-6-17(18,19)7-4-12/h5,8-9,12H,3-4,6-7H2,1-2H3. The van der Waals surface area contributed by atoms with Crippen LogP contribution in [0.4, 0.5) is 8.78 Å². The van der Waals surface area contributed by atoms with Gasteiger partial charge in [0.25, 0.3) is 0 Å². The van der Waals surface area contributed by atoms with E-state index in [0.717, 1.165) is 11.3 Å². The van der Waals surface area contributed by atoms with Gasteiger partial charge in [-0.05, 0) is 31.9 Å². The maximum Gasteiger partial charge on any atom is 0.248 e. The van der Waals surface area contributed by atoms with E-state index < -0.39 is 5.92 Å². The quantitative estimate of drug-likeness (QED) is 0.843. The van der Waals surface area contributed by atoms with Gasteiger partial charge in [0.1, 0.15) is 6.07 Å². The Balaban J connectivity index is 2.00. The van der Waals surface area contributed by atoms with E-state index in [-0.39, 0.29) is 18.8 Å². The number of aryl methyl sites for hydroxylation is 2. The van der Waals surface area contributed by atoms with Gasteiger partial charge in [-0.3, -0.25) is 9.67 Å². The number of aromatic nitrogens is 3. The lowest BCUT2D eigenvalue weighted by molar-refractivity contribution is -0.0384. The molecule has 0 N–H and O–H groups in total.